The van der Waals surface area contributed by atoms with Crippen molar-refractivity contribution in [1.29, 1.82) is 0 Å². The quantitative estimate of drug-likeness (QED) is 0.916. The van der Waals surface area contributed by atoms with Gasteiger partial charge in [0, 0.05) is 26.2 Å². The summed E-state index contributed by atoms with van der Waals surface area (Å²) in [5, 5.41) is 9.02. The third-order valence-electron chi connectivity index (χ3n) is 4.18. The average Bonchev–Trinajstić information content (AvgIpc) is 2.64. The van der Waals surface area contributed by atoms with E-state index >= 15 is 0 Å². The molecular formula is C18H18FN3O3. The standard InChI is InChI=1S/C18H18FN3O3/c19-14-6-4-13(5-7-14)12-17(23)22-10-8-21(9-11-22)16-3-1-2-15(20-16)18(24)25/h1-7H,8-12H2,(H,24,25). The molecule has 0 unspecified atom stereocenters. The number of hydrogen-bond acceptors (Lipinski definition) is 4. The molecule has 2 heterocycles. The van der Waals surface area contributed by atoms with E-state index in [1.807, 2.05) is 4.90 Å². The Morgan fingerprint density at radius 2 is 1.72 bits per heavy atom. The lowest BCUT2D eigenvalue weighted by Gasteiger charge is -2.35. The van der Waals surface area contributed by atoms with Crippen LogP contribution in [0.2, 0.25) is 0 Å². The summed E-state index contributed by atoms with van der Waals surface area (Å²) in [5.41, 5.74) is 0.789. The number of amides is 1. The number of piperazine rings is 1. The minimum atomic E-state index is -1.06. The number of carbonyl (C=O) groups excluding carboxylic acids is 1. The largest absolute Gasteiger partial charge is 0.477 e. The monoisotopic (exact) mass is 343 g/mol. The summed E-state index contributed by atoms with van der Waals surface area (Å²) in [6, 6.07) is 10.8. The molecule has 1 saturated heterocycles. The molecule has 2 aromatic rings. The molecule has 0 spiro atoms. The minimum absolute atomic E-state index is 0.00139. The fourth-order valence-corrected chi connectivity index (χ4v) is 2.79. The van der Waals surface area contributed by atoms with E-state index in [2.05, 4.69) is 4.98 Å². The molecule has 3 rings (SSSR count). The number of carboxylic acids is 1. The van der Waals surface area contributed by atoms with Crippen LogP contribution in [0.3, 0.4) is 0 Å². The highest BCUT2D eigenvalue weighted by Crippen LogP contribution is 2.15. The third-order valence-corrected chi connectivity index (χ3v) is 4.18. The molecule has 0 saturated carbocycles. The number of carbonyl (C=O) groups is 2. The zero-order valence-electron chi connectivity index (χ0n) is 13.6. The van der Waals surface area contributed by atoms with Crippen LogP contribution in [0.15, 0.2) is 42.5 Å². The molecule has 6 nitrogen and oxygen atoms in total. The summed E-state index contributed by atoms with van der Waals surface area (Å²) in [7, 11) is 0. The van der Waals surface area contributed by atoms with Crippen LogP contribution < -0.4 is 4.90 Å². The van der Waals surface area contributed by atoms with Gasteiger partial charge in [-0.1, -0.05) is 18.2 Å². The van der Waals surface area contributed by atoms with Gasteiger partial charge in [0.05, 0.1) is 6.42 Å². The molecule has 0 radical (unpaired) electrons. The molecule has 7 heteroatoms. The van der Waals surface area contributed by atoms with Gasteiger partial charge < -0.3 is 14.9 Å². The number of hydrogen-bond donors (Lipinski definition) is 1. The maximum atomic E-state index is 12.9. The highest BCUT2D eigenvalue weighted by Gasteiger charge is 2.22. The summed E-state index contributed by atoms with van der Waals surface area (Å²) in [5.74, 6) is -0.778. The summed E-state index contributed by atoms with van der Waals surface area (Å²) in [4.78, 5) is 31.2. The number of nitrogens with zero attached hydrogens (tertiary/aromatic N) is 3. The molecule has 1 aromatic carbocycles. The van der Waals surface area contributed by atoms with Crippen molar-refractivity contribution in [3.63, 3.8) is 0 Å². The third kappa shape index (κ3) is 4.12. The SMILES string of the molecule is O=C(O)c1cccc(N2CCN(C(=O)Cc3ccc(F)cc3)CC2)n1. The maximum absolute atomic E-state index is 12.9. The maximum Gasteiger partial charge on any atom is 0.354 e. The van der Waals surface area contributed by atoms with Gasteiger partial charge in [-0.05, 0) is 29.8 Å². The number of halogens is 1. The summed E-state index contributed by atoms with van der Waals surface area (Å²) >= 11 is 0. The number of benzene rings is 1. The first-order valence-electron chi connectivity index (χ1n) is 8.00. The van der Waals surface area contributed by atoms with Crippen LogP contribution in [0.1, 0.15) is 16.1 Å². The van der Waals surface area contributed by atoms with Crippen molar-refractivity contribution in [2.45, 2.75) is 6.42 Å². The average molecular weight is 343 g/mol. The molecule has 1 aliphatic rings. The fourth-order valence-electron chi connectivity index (χ4n) is 2.79. The smallest absolute Gasteiger partial charge is 0.354 e. The van der Waals surface area contributed by atoms with Gasteiger partial charge in [0.25, 0.3) is 0 Å². The second-order valence-corrected chi connectivity index (χ2v) is 5.86. The van der Waals surface area contributed by atoms with E-state index in [1.54, 1.807) is 29.2 Å². The van der Waals surface area contributed by atoms with Gasteiger partial charge in [-0.25, -0.2) is 14.2 Å². The summed E-state index contributed by atoms with van der Waals surface area (Å²) in [6.45, 7) is 2.26. The van der Waals surface area contributed by atoms with Crippen LogP contribution in [0, 0.1) is 5.82 Å². The van der Waals surface area contributed by atoms with Gasteiger partial charge >= 0.3 is 5.97 Å². The Morgan fingerprint density at radius 1 is 1.04 bits per heavy atom. The van der Waals surface area contributed by atoms with Crippen LogP contribution >= 0.6 is 0 Å². The molecule has 0 bridgehead atoms. The first-order valence-corrected chi connectivity index (χ1v) is 8.00. The van der Waals surface area contributed by atoms with Gasteiger partial charge in [-0.2, -0.15) is 0 Å². The van der Waals surface area contributed by atoms with Crippen molar-refractivity contribution in [2.24, 2.45) is 0 Å². The zero-order valence-corrected chi connectivity index (χ0v) is 13.6. The Morgan fingerprint density at radius 3 is 2.36 bits per heavy atom. The van der Waals surface area contributed by atoms with Crippen LogP contribution in [0.4, 0.5) is 10.2 Å². The van der Waals surface area contributed by atoms with Crippen molar-refractivity contribution in [3.05, 3.63) is 59.5 Å². The van der Waals surface area contributed by atoms with E-state index < -0.39 is 5.97 Å². The zero-order chi connectivity index (χ0) is 17.8. The normalized spacial score (nSPS) is 14.4. The topological polar surface area (TPSA) is 73.7 Å². The molecule has 25 heavy (non-hydrogen) atoms. The van der Waals surface area contributed by atoms with Gasteiger partial charge in [0.15, 0.2) is 5.69 Å². The van der Waals surface area contributed by atoms with Crippen molar-refractivity contribution >= 4 is 17.7 Å². The highest BCUT2D eigenvalue weighted by atomic mass is 19.1. The predicted octanol–water partition coefficient (Wildman–Crippen LogP) is 1.81. The van der Waals surface area contributed by atoms with E-state index in [0.717, 1.165) is 5.56 Å². The van der Waals surface area contributed by atoms with Crippen molar-refractivity contribution in [3.8, 4) is 0 Å². The molecule has 1 N–H and O–H groups in total. The van der Waals surface area contributed by atoms with Crippen LogP contribution in [-0.2, 0) is 11.2 Å². The Labute approximate surface area is 144 Å². The van der Waals surface area contributed by atoms with Crippen LogP contribution in [-0.4, -0.2) is 53.0 Å². The van der Waals surface area contributed by atoms with Gasteiger partial charge in [-0.3, -0.25) is 4.79 Å². The molecule has 1 aliphatic heterocycles. The van der Waals surface area contributed by atoms with Gasteiger partial charge in [0.1, 0.15) is 11.6 Å². The Bertz CT molecular complexity index is 771. The first-order chi connectivity index (χ1) is 12.0. The predicted molar refractivity (Wildman–Crippen MR) is 90.1 cm³/mol. The molecule has 0 atom stereocenters. The summed E-state index contributed by atoms with van der Waals surface area (Å²) in [6.07, 6.45) is 0.243. The number of rotatable bonds is 4. The Hall–Kier alpha value is -2.96. The molecule has 1 amide bonds. The van der Waals surface area contributed by atoms with Crippen LogP contribution in [0.5, 0.6) is 0 Å². The van der Waals surface area contributed by atoms with Crippen molar-refractivity contribution in [1.82, 2.24) is 9.88 Å². The number of carboxylic acid groups (broad SMARTS) is 1. The number of aromatic nitrogens is 1. The van der Waals surface area contributed by atoms with E-state index in [4.69, 9.17) is 5.11 Å². The second-order valence-electron chi connectivity index (χ2n) is 5.86. The van der Waals surface area contributed by atoms with E-state index in [0.29, 0.717) is 32.0 Å². The van der Waals surface area contributed by atoms with E-state index in [-0.39, 0.29) is 23.8 Å². The number of aromatic carboxylic acids is 1. The Balaban J connectivity index is 1.58. The lowest BCUT2D eigenvalue weighted by Crippen LogP contribution is -2.49. The number of anilines is 1. The minimum Gasteiger partial charge on any atom is -0.477 e. The van der Waals surface area contributed by atoms with Crippen molar-refractivity contribution in [2.75, 3.05) is 31.1 Å². The first kappa shape index (κ1) is 16.9. The van der Waals surface area contributed by atoms with Crippen LogP contribution in [0.25, 0.3) is 0 Å². The highest BCUT2D eigenvalue weighted by molar-refractivity contribution is 5.85. The van der Waals surface area contributed by atoms with Gasteiger partial charge in [0.2, 0.25) is 5.91 Å². The lowest BCUT2D eigenvalue weighted by molar-refractivity contribution is -0.130. The fraction of sp³-hybridized carbons (Fsp3) is 0.278. The summed E-state index contributed by atoms with van der Waals surface area (Å²) < 4.78 is 12.9. The van der Waals surface area contributed by atoms with Crippen molar-refractivity contribution < 1.29 is 19.1 Å². The number of pyridine rings is 1. The lowest BCUT2D eigenvalue weighted by atomic mass is 10.1. The van der Waals surface area contributed by atoms with Gasteiger partial charge in [-0.15, -0.1) is 0 Å². The molecule has 130 valence electrons. The molecule has 0 aliphatic carbocycles. The molecule has 1 aromatic heterocycles. The molecule has 1 fully saturated rings. The molecular weight excluding hydrogens is 325 g/mol. The second kappa shape index (κ2) is 7.29. The van der Waals surface area contributed by atoms with E-state index in [1.165, 1.54) is 18.2 Å². The van der Waals surface area contributed by atoms with E-state index in [9.17, 15) is 14.0 Å². The Kier molecular flexibility index (Phi) is 4.92.